The van der Waals surface area contributed by atoms with Gasteiger partial charge in [-0.25, -0.2) is 0 Å². The van der Waals surface area contributed by atoms with Crippen molar-refractivity contribution in [1.29, 1.82) is 0 Å². The predicted molar refractivity (Wildman–Crippen MR) is 78.0 cm³/mol. The lowest BCUT2D eigenvalue weighted by atomic mass is 9.72. The average molecular weight is 281 g/mol. The Morgan fingerprint density at radius 3 is 2.55 bits per heavy atom. The lowest BCUT2D eigenvalue weighted by molar-refractivity contribution is -0.155. The van der Waals surface area contributed by atoms with Gasteiger partial charge in [-0.1, -0.05) is 33.6 Å². The van der Waals surface area contributed by atoms with E-state index in [1.165, 1.54) is 4.90 Å². The molecule has 0 aliphatic carbocycles. The van der Waals surface area contributed by atoms with Crippen LogP contribution < -0.4 is 0 Å². The predicted octanol–water partition coefficient (Wildman–Crippen LogP) is 2.95. The highest BCUT2D eigenvalue weighted by Crippen LogP contribution is 2.37. The van der Waals surface area contributed by atoms with Crippen molar-refractivity contribution in [2.75, 3.05) is 6.54 Å². The summed E-state index contributed by atoms with van der Waals surface area (Å²) < 4.78 is 0. The van der Waals surface area contributed by atoms with Crippen LogP contribution in [0.25, 0.3) is 0 Å². The SMILES string of the molecule is CCC(C)(C)C1CCC(=O)N(CCCCCC=O)C1=O. The Labute approximate surface area is 121 Å². The van der Waals surface area contributed by atoms with Gasteiger partial charge in [-0.2, -0.15) is 0 Å². The molecule has 0 radical (unpaired) electrons. The van der Waals surface area contributed by atoms with Crippen LogP contribution in [0, 0.1) is 11.3 Å². The summed E-state index contributed by atoms with van der Waals surface area (Å²) >= 11 is 0. The third-order valence-electron chi connectivity index (χ3n) is 4.57. The molecule has 0 bridgehead atoms. The maximum absolute atomic E-state index is 12.5. The minimum atomic E-state index is -0.0481. The zero-order valence-electron chi connectivity index (χ0n) is 13.0. The van der Waals surface area contributed by atoms with Crippen molar-refractivity contribution in [3.05, 3.63) is 0 Å². The Kier molecular flexibility index (Phi) is 6.37. The summed E-state index contributed by atoms with van der Waals surface area (Å²) in [6, 6.07) is 0. The van der Waals surface area contributed by atoms with Crippen LogP contribution in [0.15, 0.2) is 0 Å². The number of hydrogen-bond acceptors (Lipinski definition) is 3. The number of aldehydes is 1. The molecule has 4 heteroatoms. The maximum atomic E-state index is 12.5. The van der Waals surface area contributed by atoms with E-state index in [2.05, 4.69) is 20.8 Å². The summed E-state index contributed by atoms with van der Waals surface area (Å²) in [4.78, 5) is 36.1. The molecule has 0 spiro atoms. The van der Waals surface area contributed by atoms with Crippen molar-refractivity contribution in [2.24, 2.45) is 11.3 Å². The molecule has 0 aromatic heterocycles. The fraction of sp³-hybridized carbons (Fsp3) is 0.812. The summed E-state index contributed by atoms with van der Waals surface area (Å²) in [6.45, 7) is 6.81. The first kappa shape index (κ1) is 16.9. The van der Waals surface area contributed by atoms with E-state index in [0.717, 1.165) is 32.0 Å². The molecule has 1 fully saturated rings. The van der Waals surface area contributed by atoms with E-state index >= 15 is 0 Å². The van der Waals surface area contributed by atoms with Gasteiger partial charge in [-0.3, -0.25) is 14.5 Å². The first-order chi connectivity index (χ1) is 9.44. The molecule has 20 heavy (non-hydrogen) atoms. The van der Waals surface area contributed by atoms with Crippen molar-refractivity contribution >= 4 is 18.1 Å². The monoisotopic (exact) mass is 281 g/mol. The van der Waals surface area contributed by atoms with E-state index in [1.807, 2.05) is 0 Å². The Bertz CT molecular complexity index is 363. The Hall–Kier alpha value is -1.19. The van der Waals surface area contributed by atoms with Crippen molar-refractivity contribution in [3.8, 4) is 0 Å². The highest BCUT2D eigenvalue weighted by atomic mass is 16.2. The van der Waals surface area contributed by atoms with Crippen molar-refractivity contribution in [2.45, 2.75) is 65.7 Å². The summed E-state index contributed by atoms with van der Waals surface area (Å²) in [6.07, 6.45) is 6.09. The van der Waals surface area contributed by atoms with Crippen molar-refractivity contribution in [3.63, 3.8) is 0 Å². The Morgan fingerprint density at radius 2 is 1.95 bits per heavy atom. The van der Waals surface area contributed by atoms with E-state index in [-0.39, 0.29) is 23.1 Å². The molecule has 1 rings (SSSR count). The highest BCUT2D eigenvalue weighted by Gasteiger charge is 2.41. The molecular formula is C16H27NO3. The number of amides is 2. The third kappa shape index (κ3) is 4.15. The van der Waals surface area contributed by atoms with E-state index in [4.69, 9.17) is 0 Å². The molecule has 1 aliphatic heterocycles. The summed E-state index contributed by atoms with van der Waals surface area (Å²) in [7, 11) is 0. The maximum Gasteiger partial charge on any atom is 0.232 e. The molecule has 1 atom stereocenters. The van der Waals surface area contributed by atoms with Crippen LogP contribution in [-0.4, -0.2) is 29.5 Å². The quantitative estimate of drug-likeness (QED) is 0.390. The second kappa shape index (κ2) is 7.55. The zero-order valence-corrected chi connectivity index (χ0v) is 13.0. The molecule has 0 aromatic carbocycles. The van der Waals surface area contributed by atoms with Crippen LogP contribution in [0.3, 0.4) is 0 Å². The Balaban J connectivity index is 2.57. The second-order valence-corrected chi connectivity index (χ2v) is 6.33. The van der Waals surface area contributed by atoms with Crippen molar-refractivity contribution in [1.82, 2.24) is 4.90 Å². The van der Waals surface area contributed by atoms with E-state index in [1.54, 1.807) is 0 Å². The number of carbonyl (C=O) groups excluding carboxylic acids is 3. The normalized spacial score (nSPS) is 20.4. The fourth-order valence-corrected chi connectivity index (χ4v) is 2.72. The van der Waals surface area contributed by atoms with Crippen LogP contribution >= 0.6 is 0 Å². The summed E-state index contributed by atoms with van der Waals surface area (Å²) in [5.41, 5.74) is -0.0481. The zero-order chi connectivity index (χ0) is 15.2. The molecule has 1 saturated heterocycles. The van der Waals surface area contributed by atoms with Crippen LogP contribution in [0.4, 0.5) is 0 Å². The van der Waals surface area contributed by atoms with E-state index in [0.29, 0.717) is 25.8 Å². The van der Waals surface area contributed by atoms with Crippen LogP contribution in [0.5, 0.6) is 0 Å². The van der Waals surface area contributed by atoms with Gasteiger partial charge in [0, 0.05) is 25.3 Å². The van der Waals surface area contributed by atoms with Crippen LogP contribution in [-0.2, 0) is 14.4 Å². The first-order valence-electron chi connectivity index (χ1n) is 7.72. The molecule has 1 heterocycles. The molecule has 0 N–H and O–H groups in total. The van der Waals surface area contributed by atoms with Gasteiger partial charge < -0.3 is 4.79 Å². The van der Waals surface area contributed by atoms with Gasteiger partial charge in [-0.15, -0.1) is 0 Å². The first-order valence-corrected chi connectivity index (χ1v) is 7.72. The smallest absolute Gasteiger partial charge is 0.232 e. The standard InChI is InChI=1S/C16H27NO3/c1-4-16(2,3)13-9-10-14(19)17(15(13)20)11-7-5-6-8-12-18/h12-13H,4-11H2,1-3H3. The van der Waals surface area contributed by atoms with Crippen molar-refractivity contribution < 1.29 is 14.4 Å². The number of piperidine rings is 1. The van der Waals surface area contributed by atoms with Gasteiger partial charge in [-0.05, 0) is 24.7 Å². The fourth-order valence-electron chi connectivity index (χ4n) is 2.72. The number of unbranched alkanes of at least 4 members (excludes halogenated alkanes) is 3. The summed E-state index contributed by atoms with van der Waals surface area (Å²) in [5.74, 6) is -0.0720. The van der Waals surface area contributed by atoms with Crippen LogP contribution in [0.2, 0.25) is 0 Å². The summed E-state index contributed by atoms with van der Waals surface area (Å²) in [5, 5.41) is 0. The second-order valence-electron chi connectivity index (χ2n) is 6.33. The molecule has 2 amide bonds. The molecule has 0 aromatic rings. The number of imide groups is 1. The number of likely N-dealkylation sites (tertiary alicyclic amines) is 1. The van der Waals surface area contributed by atoms with Gasteiger partial charge in [0.05, 0.1) is 0 Å². The topological polar surface area (TPSA) is 54.5 Å². The number of hydrogen-bond donors (Lipinski definition) is 0. The molecule has 1 unspecified atom stereocenters. The molecule has 1 aliphatic rings. The largest absolute Gasteiger partial charge is 0.303 e. The lowest BCUT2D eigenvalue weighted by Gasteiger charge is -2.39. The number of nitrogens with zero attached hydrogens (tertiary/aromatic N) is 1. The van der Waals surface area contributed by atoms with Gasteiger partial charge in [0.25, 0.3) is 0 Å². The van der Waals surface area contributed by atoms with Crippen LogP contribution in [0.1, 0.15) is 65.7 Å². The lowest BCUT2D eigenvalue weighted by Crippen LogP contribution is -2.49. The minimum absolute atomic E-state index is 0.00323. The molecular weight excluding hydrogens is 254 g/mol. The number of rotatable bonds is 8. The third-order valence-corrected chi connectivity index (χ3v) is 4.57. The Morgan fingerprint density at radius 1 is 1.25 bits per heavy atom. The van der Waals surface area contributed by atoms with E-state index in [9.17, 15) is 14.4 Å². The van der Waals surface area contributed by atoms with Gasteiger partial charge in [0.2, 0.25) is 11.8 Å². The molecule has 0 saturated carbocycles. The number of carbonyl (C=O) groups is 3. The average Bonchev–Trinajstić information content (AvgIpc) is 2.41. The highest BCUT2D eigenvalue weighted by molar-refractivity contribution is 5.99. The van der Waals surface area contributed by atoms with Gasteiger partial charge in [0.1, 0.15) is 6.29 Å². The minimum Gasteiger partial charge on any atom is -0.303 e. The van der Waals surface area contributed by atoms with E-state index < -0.39 is 0 Å². The van der Waals surface area contributed by atoms with Gasteiger partial charge in [0.15, 0.2) is 0 Å². The van der Waals surface area contributed by atoms with Gasteiger partial charge >= 0.3 is 0 Å². The molecule has 4 nitrogen and oxygen atoms in total. The molecule has 114 valence electrons.